The number of aliphatic hydroxyl groups excluding tert-OH is 1. The molecule has 4 nitrogen and oxygen atoms in total. The first-order valence-electron chi connectivity index (χ1n) is 8.45. The fourth-order valence-electron chi connectivity index (χ4n) is 3.55. The van der Waals surface area contributed by atoms with Gasteiger partial charge in [0.05, 0.1) is 12.7 Å². The van der Waals surface area contributed by atoms with Gasteiger partial charge in [-0.25, -0.2) is 0 Å². The lowest BCUT2D eigenvalue weighted by Crippen LogP contribution is -2.55. The van der Waals surface area contributed by atoms with E-state index in [4.69, 9.17) is 9.47 Å². The van der Waals surface area contributed by atoms with Gasteiger partial charge in [-0.05, 0) is 31.9 Å². The summed E-state index contributed by atoms with van der Waals surface area (Å²) in [6.45, 7) is 4.78. The van der Waals surface area contributed by atoms with Gasteiger partial charge in [-0.1, -0.05) is 30.5 Å². The Morgan fingerprint density at radius 3 is 2.86 bits per heavy atom. The number of fused-ring (bicyclic) bond motifs is 1. The number of rotatable bonds is 5. The lowest BCUT2D eigenvalue weighted by atomic mass is 9.90. The Labute approximate surface area is 133 Å². The maximum absolute atomic E-state index is 10.3. The van der Waals surface area contributed by atoms with Gasteiger partial charge in [0.2, 0.25) is 0 Å². The molecule has 1 aliphatic heterocycles. The van der Waals surface area contributed by atoms with Gasteiger partial charge in [0.25, 0.3) is 0 Å². The smallest absolute Gasteiger partial charge is 0.119 e. The topological polar surface area (TPSA) is 41.9 Å². The van der Waals surface area contributed by atoms with E-state index in [2.05, 4.69) is 11.8 Å². The van der Waals surface area contributed by atoms with Crippen LogP contribution in [0.1, 0.15) is 31.2 Å². The molecule has 0 amide bonds. The van der Waals surface area contributed by atoms with Crippen LogP contribution < -0.4 is 4.74 Å². The van der Waals surface area contributed by atoms with Crippen LogP contribution >= 0.6 is 0 Å². The molecule has 4 heteroatoms. The summed E-state index contributed by atoms with van der Waals surface area (Å²) in [6, 6.07) is 8.44. The number of β-amino-alcohol motifs (C(OH)–C–C–N with tert-alkyl or cyclic N) is 1. The third kappa shape index (κ3) is 4.00. The number of ether oxygens (including phenoxy) is 2. The van der Waals surface area contributed by atoms with Crippen molar-refractivity contribution >= 4 is 0 Å². The Hall–Kier alpha value is -1.10. The van der Waals surface area contributed by atoms with Gasteiger partial charge < -0.3 is 14.6 Å². The van der Waals surface area contributed by atoms with Crippen molar-refractivity contribution in [3.05, 3.63) is 29.8 Å². The molecule has 2 fully saturated rings. The highest BCUT2D eigenvalue weighted by molar-refractivity contribution is 5.26. The highest BCUT2D eigenvalue weighted by Gasteiger charge is 2.34. The Bertz CT molecular complexity index is 460. The second-order valence-electron chi connectivity index (χ2n) is 6.53. The van der Waals surface area contributed by atoms with Gasteiger partial charge in [-0.15, -0.1) is 0 Å². The van der Waals surface area contributed by atoms with Crippen LogP contribution in [0.4, 0.5) is 0 Å². The molecule has 2 aliphatic rings. The third-order valence-electron chi connectivity index (χ3n) is 4.76. The molecule has 22 heavy (non-hydrogen) atoms. The first kappa shape index (κ1) is 15.8. The maximum Gasteiger partial charge on any atom is 0.119 e. The molecule has 0 bridgehead atoms. The lowest BCUT2D eigenvalue weighted by Gasteiger charge is -2.44. The van der Waals surface area contributed by atoms with Gasteiger partial charge in [0.1, 0.15) is 18.5 Å². The van der Waals surface area contributed by atoms with Crippen molar-refractivity contribution in [2.75, 3.05) is 26.3 Å². The quantitative estimate of drug-likeness (QED) is 0.907. The van der Waals surface area contributed by atoms with E-state index in [1.807, 2.05) is 24.3 Å². The fraction of sp³-hybridized carbons (Fsp3) is 0.667. The zero-order valence-corrected chi connectivity index (χ0v) is 13.4. The molecule has 1 saturated heterocycles. The predicted octanol–water partition coefficient (Wildman–Crippen LogP) is 2.38. The molecule has 1 N–H and O–H groups in total. The van der Waals surface area contributed by atoms with E-state index in [0.29, 0.717) is 25.3 Å². The van der Waals surface area contributed by atoms with Crippen molar-refractivity contribution in [1.29, 1.82) is 0 Å². The second kappa shape index (κ2) is 7.44. The van der Waals surface area contributed by atoms with Crippen molar-refractivity contribution in [2.24, 2.45) is 0 Å². The number of morpholine rings is 1. The molecular formula is C18H27NO3. The van der Waals surface area contributed by atoms with E-state index in [1.54, 1.807) is 0 Å². The van der Waals surface area contributed by atoms with E-state index in [-0.39, 0.29) is 0 Å². The number of aryl methyl sites for hydroxylation is 1. The number of aliphatic hydroxyl groups is 1. The lowest BCUT2D eigenvalue weighted by molar-refractivity contribution is -0.0992. The minimum atomic E-state index is -0.457. The number of hydrogen-bond donors (Lipinski definition) is 1. The van der Waals surface area contributed by atoms with Crippen molar-refractivity contribution in [3.63, 3.8) is 0 Å². The van der Waals surface area contributed by atoms with E-state index in [9.17, 15) is 5.11 Å². The molecule has 1 aromatic rings. The van der Waals surface area contributed by atoms with Crippen LogP contribution in [0, 0.1) is 6.92 Å². The summed E-state index contributed by atoms with van der Waals surface area (Å²) in [5, 5.41) is 10.3. The maximum atomic E-state index is 10.3. The van der Waals surface area contributed by atoms with Crippen LogP contribution in [0.2, 0.25) is 0 Å². The molecule has 1 aliphatic carbocycles. The number of benzene rings is 1. The first-order chi connectivity index (χ1) is 10.7. The minimum absolute atomic E-state index is 0.345. The van der Waals surface area contributed by atoms with Crippen LogP contribution in [0.3, 0.4) is 0 Å². The fourth-order valence-corrected chi connectivity index (χ4v) is 3.55. The van der Waals surface area contributed by atoms with E-state index >= 15 is 0 Å². The normalized spacial score (nSPS) is 27.2. The molecule has 0 radical (unpaired) electrons. The molecule has 3 unspecified atom stereocenters. The summed E-state index contributed by atoms with van der Waals surface area (Å²) >= 11 is 0. The van der Waals surface area contributed by atoms with E-state index in [1.165, 1.54) is 24.8 Å². The molecule has 122 valence electrons. The third-order valence-corrected chi connectivity index (χ3v) is 4.76. The monoisotopic (exact) mass is 305 g/mol. The van der Waals surface area contributed by atoms with E-state index < -0.39 is 6.10 Å². The molecular weight excluding hydrogens is 278 g/mol. The average molecular weight is 305 g/mol. The highest BCUT2D eigenvalue weighted by Crippen LogP contribution is 2.28. The zero-order valence-electron chi connectivity index (χ0n) is 13.4. The Morgan fingerprint density at radius 1 is 1.27 bits per heavy atom. The molecule has 1 saturated carbocycles. The van der Waals surface area contributed by atoms with Gasteiger partial charge in [0.15, 0.2) is 0 Å². The van der Waals surface area contributed by atoms with Crippen molar-refractivity contribution in [3.8, 4) is 5.75 Å². The largest absolute Gasteiger partial charge is 0.491 e. The van der Waals surface area contributed by atoms with Crippen LogP contribution in [-0.4, -0.2) is 54.6 Å². The summed E-state index contributed by atoms with van der Waals surface area (Å²) in [4.78, 5) is 2.40. The molecule has 0 aromatic heterocycles. The standard InChI is InChI=1S/C18H27NO3/c1-14-6-8-16(9-7-14)22-13-15(20)12-19-10-11-21-18-5-3-2-4-17(18)19/h6-9,15,17-18,20H,2-5,10-13H2,1H3. The van der Waals surface area contributed by atoms with E-state index in [0.717, 1.165) is 25.3 Å². The van der Waals surface area contributed by atoms with Crippen LogP contribution in [0.15, 0.2) is 24.3 Å². The van der Waals surface area contributed by atoms with Crippen molar-refractivity contribution in [1.82, 2.24) is 4.90 Å². The van der Waals surface area contributed by atoms with Gasteiger partial charge in [-0.3, -0.25) is 4.90 Å². The van der Waals surface area contributed by atoms with Crippen molar-refractivity contribution in [2.45, 2.75) is 50.9 Å². The summed E-state index contributed by atoms with van der Waals surface area (Å²) in [7, 11) is 0. The summed E-state index contributed by atoms with van der Waals surface area (Å²) in [6.07, 6.45) is 4.81. The van der Waals surface area contributed by atoms with Crippen LogP contribution in [-0.2, 0) is 4.74 Å². The molecule has 1 heterocycles. The molecule has 3 rings (SSSR count). The second-order valence-corrected chi connectivity index (χ2v) is 6.53. The van der Waals surface area contributed by atoms with Gasteiger partial charge in [0, 0.05) is 19.1 Å². The first-order valence-corrected chi connectivity index (χ1v) is 8.45. The highest BCUT2D eigenvalue weighted by atomic mass is 16.5. The summed E-state index contributed by atoms with van der Waals surface area (Å²) < 4.78 is 11.6. The Balaban J connectivity index is 1.48. The SMILES string of the molecule is Cc1ccc(OCC(O)CN2CCOC3CCCCC32)cc1. The van der Waals surface area contributed by atoms with Gasteiger partial charge in [-0.2, -0.15) is 0 Å². The molecule has 0 spiro atoms. The van der Waals surface area contributed by atoms with Gasteiger partial charge >= 0.3 is 0 Å². The van der Waals surface area contributed by atoms with Crippen LogP contribution in [0.5, 0.6) is 5.75 Å². The van der Waals surface area contributed by atoms with Crippen molar-refractivity contribution < 1.29 is 14.6 Å². The number of hydrogen-bond acceptors (Lipinski definition) is 4. The Morgan fingerprint density at radius 2 is 2.05 bits per heavy atom. The number of nitrogens with zero attached hydrogens (tertiary/aromatic N) is 1. The Kier molecular flexibility index (Phi) is 5.34. The summed E-state index contributed by atoms with van der Waals surface area (Å²) in [5.74, 6) is 0.821. The predicted molar refractivity (Wildman–Crippen MR) is 86.2 cm³/mol. The molecule has 1 aromatic carbocycles. The summed E-state index contributed by atoms with van der Waals surface area (Å²) in [5.41, 5.74) is 1.21. The molecule has 3 atom stereocenters. The minimum Gasteiger partial charge on any atom is -0.491 e. The zero-order chi connectivity index (χ0) is 15.4. The van der Waals surface area contributed by atoms with Crippen LogP contribution in [0.25, 0.3) is 0 Å². The average Bonchev–Trinajstić information content (AvgIpc) is 2.55.